The first-order valence-corrected chi connectivity index (χ1v) is 5.60. The van der Waals surface area contributed by atoms with E-state index in [-0.39, 0.29) is 11.2 Å². The van der Waals surface area contributed by atoms with Crippen molar-refractivity contribution in [3.8, 4) is 5.75 Å². The van der Waals surface area contributed by atoms with Gasteiger partial charge in [0.05, 0.1) is 18.1 Å². The molecule has 0 bridgehead atoms. The number of rotatable bonds is 5. The number of non-ortho nitro benzene ring substituents is 1. The summed E-state index contributed by atoms with van der Waals surface area (Å²) in [4.78, 5) is 10.4. The van der Waals surface area contributed by atoms with Gasteiger partial charge in [0.25, 0.3) is 5.69 Å². The molecule has 0 aromatic heterocycles. The maximum absolute atomic E-state index is 10.8. The largest absolute Gasteiger partial charge is 0.496 e. The van der Waals surface area contributed by atoms with Crippen LogP contribution in [0.2, 0.25) is 0 Å². The number of methoxy groups -OCH3 is 1. The molecule has 1 aromatic rings. The predicted octanol–water partition coefficient (Wildman–Crippen LogP) is 2.25. The van der Waals surface area contributed by atoms with Gasteiger partial charge in [0, 0.05) is 18.2 Å². The van der Waals surface area contributed by atoms with Crippen molar-refractivity contribution in [3.63, 3.8) is 0 Å². The maximum Gasteiger partial charge on any atom is 0.273 e. The van der Waals surface area contributed by atoms with Crippen molar-refractivity contribution in [2.75, 3.05) is 7.11 Å². The third-order valence-electron chi connectivity index (χ3n) is 3.12. The number of nitro benzene ring substituents is 1. The van der Waals surface area contributed by atoms with E-state index in [0.717, 1.165) is 5.56 Å². The van der Waals surface area contributed by atoms with E-state index in [1.165, 1.54) is 26.0 Å². The highest BCUT2D eigenvalue weighted by molar-refractivity contribution is 5.42. The molecule has 0 atom stereocenters. The Morgan fingerprint density at radius 1 is 1.47 bits per heavy atom. The molecule has 0 heterocycles. The summed E-state index contributed by atoms with van der Waals surface area (Å²) in [6, 6.07) is 4.84. The molecule has 17 heavy (non-hydrogen) atoms. The monoisotopic (exact) mass is 236 g/mol. The van der Waals surface area contributed by atoms with Gasteiger partial charge in [-0.15, -0.1) is 0 Å². The lowest BCUT2D eigenvalue weighted by molar-refractivity contribution is -0.385. The Hall–Kier alpha value is -1.62. The normalized spacial score (nSPS) is 16.6. The van der Waals surface area contributed by atoms with E-state index in [1.807, 2.05) is 6.07 Å². The summed E-state index contributed by atoms with van der Waals surface area (Å²) in [6.45, 7) is 2.79. The number of benzene rings is 1. The standard InChI is InChI=1S/C12H16N2O3/c1-12(3-4-12)13-8-9-5-10(14(15)16)7-11(6-9)17-2/h5-7,13H,3-4,8H2,1-2H3. The molecule has 0 spiro atoms. The molecule has 1 saturated carbocycles. The highest BCUT2D eigenvalue weighted by Gasteiger charge is 2.36. The quantitative estimate of drug-likeness (QED) is 0.629. The van der Waals surface area contributed by atoms with Crippen LogP contribution in [0.1, 0.15) is 25.3 Å². The smallest absolute Gasteiger partial charge is 0.273 e. The van der Waals surface area contributed by atoms with Gasteiger partial charge in [-0.25, -0.2) is 0 Å². The number of hydrogen-bond acceptors (Lipinski definition) is 4. The van der Waals surface area contributed by atoms with Crippen LogP contribution in [0.25, 0.3) is 0 Å². The lowest BCUT2D eigenvalue weighted by atomic mass is 10.1. The van der Waals surface area contributed by atoms with Gasteiger partial charge in [0.15, 0.2) is 0 Å². The SMILES string of the molecule is COc1cc(CNC2(C)CC2)cc([N+](=O)[O-])c1. The Morgan fingerprint density at radius 2 is 2.18 bits per heavy atom. The summed E-state index contributed by atoms with van der Waals surface area (Å²) in [5, 5.41) is 14.2. The minimum Gasteiger partial charge on any atom is -0.496 e. The minimum absolute atomic E-state index is 0.0714. The fraction of sp³-hybridized carbons (Fsp3) is 0.500. The van der Waals surface area contributed by atoms with Gasteiger partial charge >= 0.3 is 0 Å². The Morgan fingerprint density at radius 3 is 2.71 bits per heavy atom. The first-order chi connectivity index (χ1) is 8.02. The third kappa shape index (κ3) is 2.94. The molecule has 2 rings (SSSR count). The van der Waals surface area contributed by atoms with Crippen LogP contribution in [-0.2, 0) is 6.54 Å². The van der Waals surface area contributed by atoms with Gasteiger partial charge in [-0.2, -0.15) is 0 Å². The fourth-order valence-electron chi connectivity index (χ4n) is 1.65. The molecular weight excluding hydrogens is 220 g/mol. The molecule has 5 heteroatoms. The van der Waals surface area contributed by atoms with E-state index in [0.29, 0.717) is 12.3 Å². The van der Waals surface area contributed by atoms with Gasteiger partial charge in [0.2, 0.25) is 0 Å². The molecule has 1 aliphatic carbocycles. The molecule has 0 radical (unpaired) electrons. The highest BCUT2D eigenvalue weighted by atomic mass is 16.6. The minimum atomic E-state index is -0.398. The van der Waals surface area contributed by atoms with Crippen molar-refractivity contribution < 1.29 is 9.66 Å². The third-order valence-corrected chi connectivity index (χ3v) is 3.12. The molecule has 0 unspecified atom stereocenters. The first kappa shape index (κ1) is 11.9. The summed E-state index contributed by atoms with van der Waals surface area (Å²) >= 11 is 0. The topological polar surface area (TPSA) is 64.4 Å². The van der Waals surface area contributed by atoms with Crippen LogP contribution >= 0.6 is 0 Å². The van der Waals surface area contributed by atoms with Crippen LogP contribution in [0.15, 0.2) is 18.2 Å². The number of nitrogens with one attached hydrogen (secondary N) is 1. The van der Waals surface area contributed by atoms with Crippen LogP contribution in [0.5, 0.6) is 5.75 Å². The molecule has 1 N–H and O–H groups in total. The number of hydrogen-bond donors (Lipinski definition) is 1. The van der Waals surface area contributed by atoms with Crippen molar-refractivity contribution in [2.24, 2.45) is 0 Å². The second kappa shape index (κ2) is 4.33. The molecule has 0 saturated heterocycles. The van der Waals surface area contributed by atoms with E-state index in [4.69, 9.17) is 4.74 Å². The Bertz CT molecular complexity index is 441. The molecule has 0 aliphatic heterocycles. The second-order valence-corrected chi connectivity index (χ2v) is 4.71. The molecular formula is C12H16N2O3. The van der Waals surface area contributed by atoms with E-state index in [1.54, 1.807) is 6.07 Å². The zero-order valence-electron chi connectivity index (χ0n) is 10.0. The zero-order chi connectivity index (χ0) is 12.5. The summed E-state index contributed by atoms with van der Waals surface area (Å²) in [5.74, 6) is 0.525. The highest BCUT2D eigenvalue weighted by Crippen LogP contribution is 2.34. The molecule has 92 valence electrons. The summed E-state index contributed by atoms with van der Waals surface area (Å²) in [7, 11) is 1.51. The first-order valence-electron chi connectivity index (χ1n) is 5.60. The van der Waals surface area contributed by atoms with Gasteiger partial charge in [-0.1, -0.05) is 0 Å². The molecule has 1 aromatic carbocycles. The van der Waals surface area contributed by atoms with E-state index < -0.39 is 4.92 Å². The van der Waals surface area contributed by atoms with Crippen LogP contribution in [0.3, 0.4) is 0 Å². The molecule has 5 nitrogen and oxygen atoms in total. The average molecular weight is 236 g/mol. The van der Waals surface area contributed by atoms with Crippen molar-refractivity contribution >= 4 is 5.69 Å². The molecule has 1 fully saturated rings. The molecule has 0 amide bonds. The Labute approximate surface area is 99.9 Å². The van der Waals surface area contributed by atoms with Crippen LogP contribution in [0.4, 0.5) is 5.69 Å². The lowest BCUT2D eigenvalue weighted by Crippen LogP contribution is -2.26. The number of ether oxygens (including phenoxy) is 1. The van der Waals surface area contributed by atoms with Gasteiger partial charge < -0.3 is 10.1 Å². The number of nitrogens with zero attached hydrogens (tertiary/aromatic N) is 1. The van der Waals surface area contributed by atoms with Crippen molar-refractivity contribution in [1.29, 1.82) is 0 Å². The maximum atomic E-state index is 10.8. The molecule has 1 aliphatic rings. The fourth-order valence-corrected chi connectivity index (χ4v) is 1.65. The summed E-state index contributed by atoms with van der Waals surface area (Å²) < 4.78 is 5.06. The van der Waals surface area contributed by atoms with Crippen LogP contribution in [-0.4, -0.2) is 17.6 Å². The van der Waals surface area contributed by atoms with Crippen LogP contribution in [0, 0.1) is 10.1 Å². The Kier molecular flexibility index (Phi) is 3.02. The van der Waals surface area contributed by atoms with Crippen LogP contribution < -0.4 is 10.1 Å². The Balaban J connectivity index is 2.14. The van der Waals surface area contributed by atoms with E-state index in [2.05, 4.69) is 12.2 Å². The van der Waals surface area contributed by atoms with Gasteiger partial charge in [-0.3, -0.25) is 10.1 Å². The van der Waals surface area contributed by atoms with Gasteiger partial charge in [-0.05, 0) is 31.4 Å². The lowest BCUT2D eigenvalue weighted by Gasteiger charge is -2.11. The van der Waals surface area contributed by atoms with E-state index >= 15 is 0 Å². The number of nitro groups is 1. The second-order valence-electron chi connectivity index (χ2n) is 4.71. The van der Waals surface area contributed by atoms with Crippen molar-refractivity contribution in [1.82, 2.24) is 5.32 Å². The zero-order valence-corrected chi connectivity index (χ0v) is 10.0. The predicted molar refractivity (Wildman–Crippen MR) is 64.1 cm³/mol. The summed E-state index contributed by atoms with van der Waals surface area (Å²) in [6.07, 6.45) is 2.33. The van der Waals surface area contributed by atoms with E-state index in [9.17, 15) is 10.1 Å². The van der Waals surface area contributed by atoms with Crippen molar-refractivity contribution in [2.45, 2.75) is 31.8 Å². The average Bonchev–Trinajstić information content (AvgIpc) is 3.05. The van der Waals surface area contributed by atoms with Crippen molar-refractivity contribution in [3.05, 3.63) is 33.9 Å². The van der Waals surface area contributed by atoms with Gasteiger partial charge in [0.1, 0.15) is 5.75 Å². The summed E-state index contributed by atoms with van der Waals surface area (Å²) in [5.41, 5.74) is 1.17.